The molecule has 0 unspecified atom stereocenters. The van der Waals surface area contributed by atoms with Gasteiger partial charge in [0.1, 0.15) is 11.6 Å². The van der Waals surface area contributed by atoms with Crippen molar-refractivity contribution in [1.29, 1.82) is 0 Å². The zero-order valence-electron chi connectivity index (χ0n) is 15.8. The highest BCUT2D eigenvalue weighted by molar-refractivity contribution is 7.91. The average Bonchev–Trinajstić information content (AvgIpc) is 3.31. The molecule has 0 saturated carbocycles. The molecule has 4 rings (SSSR count). The van der Waals surface area contributed by atoms with Gasteiger partial charge in [0.05, 0.1) is 35.9 Å². The van der Waals surface area contributed by atoms with Crippen molar-refractivity contribution in [2.45, 2.75) is 12.5 Å². The maximum absolute atomic E-state index is 12.6. The van der Waals surface area contributed by atoms with Gasteiger partial charge in [-0.15, -0.1) is 0 Å². The lowest BCUT2D eigenvalue weighted by Crippen LogP contribution is -2.19. The van der Waals surface area contributed by atoms with E-state index in [0.717, 1.165) is 11.3 Å². The Morgan fingerprint density at radius 2 is 2.03 bits per heavy atom. The van der Waals surface area contributed by atoms with E-state index in [1.54, 1.807) is 36.2 Å². The van der Waals surface area contributed by atoms with Crippen LogP contribution in [0.15, 0.2) is 54.9 Å². The van der Waals surface area contributed by atoms with Crippen molar-refractivity contribution in [3.63, 3.8) is 0 Å². The summed E-state index contributed by atoms with van der Waals surface area (Å²) in [4.78, 5) is 16.6. The third kappa shape index (κ3) is 4.14. The minimum absolute atomic E-state index is 0.00644. The van der Waals surface area contributed by atoms with Gasteiger partial charge in [-0.05, 0) is 42.8 Å². The van der Waals surface area contributed by atoms with Gasteiger partial charge in [-0.2, -0.15) is 5.10 Å². The molecule has 0 aliphatic carbocycles. The fourth-order valence-corrected chi connectivity index (χ4v) is 5.01. The fourth-order valence-electron chi connectivity index (χ4n) is 3.32. The number of pyridine rings is 1. The molecule has 1 saturated heterocycles. The van der Waals surface area contributed by atoms with E-state index in [0.29, 0.717) is 23.5 Å². The van der Waals surface area contributed by atoms with Gasteiger partial charge in [0.25, 0.3) is 5.91 Å². The zero-order chi connectivity index (χ0) is 20.4. The van der Waals surface area contributed by atoms with Gasteiger partial charge in [0.2, 0.25) is 0 Å². The molecule has 9 heteroatoms. The largest absolute Gasteiger partial charge is 0.497 e. The number of ether oxygens (including phenoxy) is 1. The number of aromatic nitrogens is 3. The van der Waals surface area contributed by atoms with Crippen LogP contribution in [-0.4, -0.2) is 47.7 Å². The molecule has 3 heterocycles. The quantitative estimate of drug-likeness (QED) is 0.691. The number of nitrogens with zero attached hydrogens (tertiary/aromatic N) is 3. The predicted molar refractivity (Wildman–Crippen MR) is 109 cm³/mol. The third-order valence-electron chi connectivity index (χ3n) is 4.84. The highest BCUT2D eigenvalue weighted by Gasteiger charge is 2.32. The summed E-state index contributed by atoms with van der Waals surface area (Å²) in [5, 5.41) is 7.46. The molecular formula is C20H20N4O4S. The van der Waals surface area contributed by atoms with Gasteiger partial charge in [0.15, 0.2) is 9.84 Å². The normalized spacial score (nSPS) is 17.8. The standard InChI is InChI=1S/C20H20N4O4S/c1-28-17-6-4-14(5-7-17)18-11-19(22-20(25)15-3-2-9-21-12-15)24(23-18)16-8-10-29(26,27)13-16/h2-7,9,11-12,16H,8,10,13H2,1H3,(H,22,25)/t16-/m0/s1. The number of carbonyl (C=O) groups is 1. The Bertz CT molecular complexity index is 1130. The number of benzene rings is 1. The molecule has 1 aliphatic rings. The second-order valence-corrected chi connectivity index (χ2v) is 9.07. The van der Waals surface area contributed by atoms with Crippen molar-refractivity contribution < 1.29 is 17.9 Å². The number of sulfone groups is 1. The zero-order valence-corrected chi connectivity index (χ0v) is 16.6. The van der Waals surface area contributed by atoms with E-state index in [1.807, 2.05) is 24.3 Å². The van der Waals surface area contributed by atoms with Crippen LogP contribution in [0.25, 0.3) is 11.3 Å². The highest BCUT2D eigenvalue weighted by atomic mass is 32.2. The van der Waals surface area contributed by atoms with Gasteiger partial charge in [0, 0.05) is 24.0 Å². The van der Waals surface area contributed by atoms with E-state index in [2.05, 4.69) is 15.4 Å². The van der Waals surface area contributed by atoms with Crippen LogP contribution in [0.4, 0.5) is 5.82 Å². The van der Waals surface area contributed by atoms with Gasteiger partial charge in [-0.25, -0.2) is 13.1 Å². The highest BCUT2D eigenvalue weighted by Crippen LogP contribution is 2.31. The lowest BCUT2D eigenvalue weighted by atomic mass is 10.1. The maximum atomic E-state index is 12.6. The second kappa shape index (κ2) is 7.67. The number of nitrogens with one attached hydrogen (secondary N) is 1. The molecule has 3 aromatic rings. The Balaban J connectivity index is 1.69. The first-order valence-electron chi connectivity index (χ1n) is 9.11. The molecule has 150 valence electrons. The number of anilines is 1. The van der Waals surface area contributed by atoms with Gasteiger partial charge >= 0.3 is 0 Å². The summed E-state index contributed by atoms with van der Waals surface area (Å²) in [7, 11) is -1.51. The first kappa shape index (κ1) is 19.1. The van der Waals surface area contributed by atoms with Crippen LogP contribution >= 0.6 is 0 Å². The van der Waals surface area contributed by atoms with Crippen LogP contribution in [0.2, 0.25) is 0 Å². The summed E-state index contributed by atoms with van der Waals surface area (Å²) in [6.07, 6.45) is 3.52. The maximum Gasteiger partial charge on any atom is 0.258 e. The first-order valence-corrected chi connectivity index (χ1v) is 10.9. The number of rotatable bonds is 5. The molecular weight excluding hydrogens is 392 g/mol. The van der Waals surface area contributed by atoms with Crippen LogP contribution in [0.5, 0.6) is 5.75 Å². The second-order valence-electron chi connectivity index (χ2n) is 6.84. The Hall–Kier alpha value is -3.20. The predicted octanol–water partition coefficient (Wildman–Crippen LogP) is 2.57. The number of amides is 1. The molecule has 0 bridgehead atoms. The van der Waals surface area contributed by atoms with E-state index >= 15 is 0 Å². The Morgan fingerprint density at radius 3 is 2.66 bits per heavy atom. The smallest absolute Gasteiger partial charge is 0.258 e. The summed E-state index contributed by atoms with van der Waals surface area (Å²) >= 11 is 0. The van der Waals surface area contributed by atoms with Gasteiger partial charge < -0.3 is 10.1 Å². The molecule has 1 aliphatic heterocycles. The molecule has 1 fully saturated rings. The van der Waals surface area contributed by atoms with Gasteiger partial charge in [-0.3, -0.25) is 9.78 Å². The molecule has 0 radical (unpaired) electrons. The van der Waals surface area contributed by atoms with Crippen LogP contribution < -0.4 is 10.1 Å². The van der Waals surface area contributed by atoms with E-state index in [-0.39, 0.29) is 23.5 Å². The summed E-state index contributed by atoms with van der Waals surface area (Å²) in [6.45, 7) is 0. The Morgan fingerprint density at radius 1 is 1.24 bits per heavy atom. The molecule has 29 heavy (non-hydrogen) atoms. The first-order chi connectivity index (χ1) is 13.9. The molecule has 1 amide bonds. The summed E-state index contributed by atoms with van der Waals surface area (Å²) in [6, 6.07) is 12.1. The Labute approximate surface area is 168 Å². The van der Waals surface area contributed by atoms with E-state index in [4.69, 9.17) is 4.74 Å². The molecule has 8 nitrogen and oxygen atoms in total. The third-order valence-corrected chi connectivity index (χ3v) is 6.59. The summed E-state index contributed by atoms with van der Waals surface area (Å²) < 4.78 is 30.7. The average molecular weight is 412 g/mol. The fraction of sp³-hybridized carbons (Fsp3) is 0.250. The molecule has 1 aromatic carbocycles. The van der Waals surface area contributed by atoms with Crippen molar-refractivity contribution in [3.8, 4) is 17.0 Å². The lowest BCUT2D eigenvalue weighted by Gasteiger charge is -2.13. The van der Waals surface area contributed by atoms with Crippen molar-refractivity contribution in [3.05, 3.63) is 60.4 Å². The summed E-state index contributed by atoms with van der Waals surface area (Å²) in [5.41, 5.74) is 1.88. The number of hydrogen-bond acceptors (Lipinski definition) is 6. The molecule has 0 spiro atoms. The Kier molecular flexibility index (Phi) is 5.06. The minimum Gasteiger partial charge on any atom is -0.497 e. The van der Waals surface area contributed by atoms with Crippen molar-refractivity contribution in [2.24, 2.45) is 0 Å². The van der Waals surface area contributed by atoms with Crippen LogP contribution in [0.1, 0.15) is 22.8 Å². The summed E-state index contributed by atoms with van der Waals surface area (Å²) in [5.74, 6) is 0.964. The molecule has 1 N–H and O–H groups in total. The minimum atomic E-state index is -3.11. The van der Waals surface area contributed by atoms with E-state index < -0.39 is 9.84 Å². The molecule has 2 aromatic heterocycles. The lowest BCUT2D eigenvalue weighted by molar-refractivity contribution is 0.102. The van der Waals surface area contributed by atoms with Crippen LogP contribution in [0.3, 0.4) is 0 Å². The van der Waals surface area contributed by atoms with Gasteiger partial charge in [-0.1, -0.05) is 0 Å². The topological polar surface area (TPSA) is 103 Å². The SMILES string of the molecule is COc1ccc(-c2cc(NC(=O)c3cccnc3)n([C@H]3CCS(=O)(=O)C3)n2)cc1. The monoisotopic (exact) mass is 412 g/mol. The van der Waals surface area contributed by atoms with E-state index in [1.165, 1.54) is 6.20 Å². The van der Waals surface area contributed by atoms with E-state index in [9.17, 15) is 13.2 Å². The number of methoxy groups -OCH3 is 1. The molecule has 1 atom stereocenters. The van der Waals surface area contributed by atoms with Crippen molar-refractivity contribution in [1.82, 2.24) is 14.8 Å². The van der Waals surface area contributed by atoms with Crippen LogP contribution in [0, 0.1) is 0 Å². The number of hydrogen-bond donors (Lipinski definition) is 1. The number of carbonyl (C=O) groups excluding carboxylic acids is 1. The van der Waals surface area contributed by atoms with Crippen LogP contribution in [-0.2, 0) is 9.84 Å². The van der Waals surface area contributed by atoms with Crippen molar-refractivity contribution >= 4 is 21.6 Å². The van der Waals surface area contributed by atoms with Crippen molar-refractivity contribution in [2.75, 3.05) is 23.9 Å².